The second-order valence-corrected chi connectivity index (χ2v) is 24.2. The van der Waals surface area contributed by atoms with Crippen LogP contribution in [0.5, 0.6) is 5.75 Å². The molecule has 4 nitrogen and oxygen atoms in total. The number of carbonyl (C=O) groups is 1. The van der Waals surface area contributed by atoms with Gasteiger partial charge in [0, 0.05) is 0 Å². The molecule has 1 unspecified atom stereocenters. The van der Waals surface area contributed by atoms with Crippen molar-refractivity contribution in [1.29, 1.82) is 0 Å². The predicted molar refractivity (Wildman–Crippen MR) is 149 cm³/mol. The van der Waals surface area contributed by atoms with E-state index in [1.54, 1.807) is 3.59 Å². The Labute approximate surface area is 219 Å². The number of hydrogen-bond acceptors (Lipinski definition) is 4. The molecule has 0 bridgehead atoms. The first-order chi connectivity index (χ1) is 17.0. The van der Waals surface area contributed by atoms with Gasteiger partial charge in [-0.2, -0.15) is 0 Å². The molecule has 0 aliphatic carbocycles. The molecule has 1 heterocycles. The van der Waals surface area contributed by atoms with Gasteiger partial charge in [-0.05, 0) is 0 Å². The van der Waals surface area contributed by atoms with Gasteiger partial charge in [0.05, 0.1) is 0 Å². The monoisotopic (exact) mass is 594 g/mol. The average molecular weight is 593 g/mol. The number of allylic oxidation sites excluding steroid dienone is 2. The van der Waals surface area contributed by atoms with Crippen LogP contribution in [0.25, 0.3) is 0 Å². The van der Waals surface area contributed by atoms with Gasteiger partial charge in [-0.3, -0.25) is 0 Å². The third kappa shape index (κ3) is 10.1. The molecule has 5 heteroatoms. The first kappa shape index (κ1) is 30.2. The van der Waals surface area contributed by atoms with Gasteiger partial charge in [0.1, 0.15) is 0 Å². The van der Waals surface area contributed by atoms with Crippen LogP contribution < -0.4 is 4.74 Å². The summed E-state index contributed by atoms with van der Waals surface area (Å²) in [7, 11) is 1.49. The molecule has 1 aromatic rings. The molecule has 1 fully saturated rings. The topological polar surface area (TPSA) is 44.8 Å². The summed E-state index contributed by atoms with van der Waals surface area (Å²) in [5.74, 6) is 0.732. The van der Waals surface area contributed by atoms with E-state index < -0.39 is 18.4 Å². The van der Waals surface area contributed by atoms with Crippen molar-refractivity contribution >= 4 is 24.3 Å². The Balaban J connectivity index is 2.32. The second kappa shape index (κ2) is 16.7. The van der Waals surface area contributed by atoms with Gasteiger partial charge < -0.3 is 0 Å². The second-order valence-electron chi connectivity index (χ2n) is 10.3. The standard InChI is InChI=1S/C18H23O4.3C4H9.Sn/c1-3-6-15(13-17(19)20-2)14-8-10-16(11-9-14)22-18-7-4-5-12-21-18;3*1-3-4-2;/h6,8-11,15,18H,4-5,7,12-13H2,1-2H3;3*1,3-4H2,2H3;/t15-,18?;;;;/m0..../s1. The Morgan fingerprint density at radius 1 is 1.03 bits per heavy atom. The third-order valence-corrected chi connectivity index (χ3v) is 24.1. The Kier molecular flexibility index (Phi) is 14.4. The van der Waals surface area contributed by atoms with Gasteiger partial charge in [0.25, 0.3) is 0 Å². The van der Waals surface area contributed by atoms with E-state index >= 15 is 0 Å². The fourth-order valence-corrected chi connectivity index (χ4v) is 21.2. The van der Waals surface area contributed by atoms with Crippen LogP contribution in [0.2, 0.25) is 13.3 Å². The molecule has 0 N–H and O–H groups in total. The molecular formula is C30H50O4Sn. The Morgan fingerprint density at radius 3 is 2.11 bits per heavy atom. The number of methoxy groups -OCH3 is 1. The van der Waals surface area contributed by atoms with E-state index in [2.05, 4.69) is 45.9 Å². The van der Waals surface area contributed by atoms with Crippen molar-refractivity contribution in [3.05, 3.63) is 39.5 Å². The van der Waals surface area contributed by atoms with Crippen molar-refractivity contribution < 1.29 is 19.0 Å². The quantitative estimate of drug-likeness (QED) is 0.142. The number of ether oxygens (including phenoxy) is 3. The van der Waals surface area contributed by atoms with E-state index in [-0.39, 0.29) is 18.2 Å². The summed E-state index contributed by atoms with van der Waals surface area (Å²) < 4.78 is 22.8. The zero-order chi connectivity index (χ0) is 25.5. The normalized spacial score (nSPS) is 17.7. The van der Waals surface area contributed by atoms with Gasteiger partial charge in [0.15, 0.2) is 0 Å². The van der Waals surface area contributed by atoms with E-state index in [4.69, 9.17) is 14.2 Å². The van der Waals surface area contributed by atoms with Crippen LogP contribution >= 0.6 is 0 Å². The molecular weight excluding hydrogens is 543 g/mol. The summed E-state index contributed by atoms with van der Waals surface area (Å²) in [6.45, 7) is 10.1. The Morgan fingerprint density at radius 2 is 1.63 bits per heavy atom. The van der Waals surface area contributed by atoms with Crippen LogP contribution in [0.3, 0.4) is 0 Å². The fraction of sp³-hybridized carbons (Fsp3) is 0.700. The zero-order valence-corrected chi connectivity index (χ0v) is 25.9. The number of hydrogen-bond donors (Lipinski definition) is 0. The molecule has 1 aliphatic rings. The first-order valence-corrected chi connectivity index (χ1v) is 21.6. The van der Waals surface area contributed by atoms with Gasteiger partial charge in [-0.1, -0.05) is 0 Å². The average Bonchev–Trinajstić information content (AvgIpc) is 2.89. The van der Waals surface area contributed by atoms with Gasteiger partial charge in [-0.25, -0.2) is 0 Å². The molecule has 2 atom stereocenters. The predicted octanol–water partition coefficient (Wildman–Crippen LogP) is 8.57. The minimum absolute atomic E-state index is 0.0448. The van der Waals surface area contributed by atoms with Crippen molar-refractivity contribution in [2.75, 3.05) is 13.7 Å². The van der Waals surface area contributed by atoms with Gasteiger partial charge in [0.2, 0.25) is 0 Å². The molecule has 35 heavy (non-hydrogen) atoms. The van der Waals surface area contributed by atoms with Crippen LogP contribution in [0.15, 0.2) is 33.9 Å². The van der Waals surface area contributed by atoms with Crippen LogP contribution in [0.4, 0.5) is 0 Å². The molecule has 0 saturated carbocycles. The maximum absolute atomic E-state index is 12.4. The molecule has 2 rings (SSSR count). The summed E-state index contributed by atoms with van der Waals surface area (Å²) in [4.78, 5) is 12.4. The minimum atomic E-state index is -2.52. The molecule has 0 spiro atoms. The summed E-state index contributed by atoms with van der Waals surface area (Å²) in [6, 6.07) is 8.30. The van der Waals surface area contributed by atoms with Crippen molar-refractivity contribution in [1.82, 2.24) is 0 Å². The van der Waals surface area contributed by atoms with Gasteiger partial charge >= 0.3 is 220 Å². The molecule has 0 aromatic heterocycles. The molecule has 0 amide bonds. The molecule has 0 radical (unpaired) electrons. The number of rotatable bonds is 16. The van der Waals surface area contributed by atoms with Crippen molar-refractivity contribution in [3.8, 4) is 5.75 Å². The van der Waals surface area contributed by atoms with E-state index in [9.17, 15) is 4.79 Å². The molecule has 1 aliphatic heterocycles. The van der Waals surface area contributed by atoms with Crippen molar-refractivity contribution in [3.63, 3.8) is 0 Å². The first-order valence-electron chi connectivity index (χ1n) is 14.1. The summed E-state index contributed by atoms with van der Waals surface area (Å²) in [6.07, 6.45) is 13.7. The van der Waals surface area contributed by atoms with Crippen molar-refractivity contribution in [2.45, 2.75) is 117 Å². The van der Waals surface area contributed by atoms with Crippen LogP contribution in [0.1, 0.15) is 103 Å². The zero-order valence-electron chi connectivity index (χ0n) is 23.1. The number of esters is 1. The van der Waals surface area contributed by atoms with Crippen molar-refractivity contribution in [2.24, 2.45) is 0 Å². The van der Waals surface area contributed by atoms with Gasteiger partial charge in [-0.15, -0.1) is 0 Å². The number of unbranched alkanes of at least 4 members (excludes halogenated alkanes) is 3. The van der Waals surface area contributed by atoms with E-state index in [0.717, 1.165) is 37.2 Å². The van der Waals surface area contributed by atoms with Crippen LogP contribution in [0, 0.1) is 0 Å². The number of benzene rings is 1. The third-order valence-electron chi connectivity index (χ3n) is 7.64. The summed E-state index contributed by atoms with van der Waals surface area (Å²) in [5, 5.41) is 0. The van der Waals surface area contributed by atoms with E-state index in [1.807, 2.05) is 12.1 Å². The molecule has 1 aromatic carbocycles. The van der Waals surface area contributed by atoms with E-state index in [1.165, 1.54) is 58.9 Å². The van der Waals surface area contributed by atoms with E-state index in [0.29, 0.717) is 6.42 Å². The maximum atomic E-state index is 12.4. The fourth-order valence-electron chi connectivity index (χ4n) is 5.28. The van der Waals surface area contributed by atoms with Crippen LogP contribution in [-0.2, 0) is 14.3 Å². The Hall–Kier alpha value is -1.01. The number of carbonyl (C=O) groups excluding carboxylic acids is 1. The molecule has 1 saturated heterocycles. The molecule has 198 valence electrons. The Bertz CT molecular complexity index is 730. The SMILES string of the molecule is CCC[CH2][Sn]([CH2]CCC)([CH2]CCC)/[C](C)=C/[C@@H](CC(=O)OC)c1ccc(OC2CCCCO2)cc1. The summed E-state index contributed by atoms with van der Waals surface area (Å²) in [5.41, 5.74) is 1.16. The summed E-state index contributed by atoms with van der Waals surface area (Å²) >= 11 is -2.52. The van der Waals surface area contributed by atoms with Crippen LogP contribution in [-0.4, -0.2) is 44.4 Å².